The minimum atomic E-state index is -1.26. The minimum Gasteiger partial charge on any atom is -0.478 e. The fourth-order valence-electron chi connectivity index (χ4n) is 4.66. The molecule has 2 aliphatic heterocycles. The summed E-state index contributed by atoms with van der Waals surface area (Å²) in [6.45, 7) is 8.83. The van der Waals surface area contributed by atoms with Crippen LogP contribution in [-0.2, 0) is 14.3 Å². The lowest BCUT2D eigenvalue weighted by molar-refractivity contribution is -0.134. The molecule has 2 aliphatic rings. The first-order valence-electron chi connectivity index (χ1n) is 13.0. The van der Waals surface area contributed by atoms with Gasteiger partial charge in [0.25, 0.3) is 5.91 Å². The number of aliphatic carboxylic acids is 2. The van der Waals surface area contributed by atoms with Gasteiger partial charge in [-0.05, 0) is 51.8 Å². The molecule has 1 amide bonds. The second kappa shape index (κ2) is 13.5. The molecule has 0 radical (unpaired) electrons. The molecular weight excluding hydrogens is 492 g/mol. The van der Waals surface area contributed by atoms with E-state index in [9.17, 15) is 19.5 Å². The Labute approximate surface area is 222 Å². The van der Waals surface area contributed by atoms with Crippen LogP contribution >= 0.6 is 0 Å². The van der Waals surface area contributed by atoms with Gasteiger partial charge in [-0.25, -0.2) is 9.59 Å². The first kappa shape index (κ1) is 29.3. The van der Waals surface area contributed by atoms with Gasteiger partial charge in [-0.1, -0.05) is 12.1 Å². The number of fused-ring (bicyclic) bond motifs is 1. The SMILES string of the molecule is CC(C)n1cc2cccc(C(=O)NCC3CCN(CC4(O)CCOCC4)CC3)c2n1.O=C(O)C=CC(=O)O. The van der Waals surface area contributed by atoms with Gasteiger partial charge < -0.3 is 30.3 Å². The van der Waals surface area contributed by atoms with Crippen molar-refractivity contribution in [3.05, 3.63) is 42.1 Å². The molecule has 0 unspecified atom stereocenters. The Morgan fingerprint density at radius 2 is 1.76 bits per heavy atom. The Morgan fingerprint density at radius 3 is 2.34 bits per heavy atom. The molecule has 0 aliphatic carbocycles. The Hall–Kier alpha value is -3.28. The number of amides is 1. The Kier molecular flexibility index (Phi) is 10.4. The quantitative estimate of drug-likeness (QED) is 0.376. The molecular formula is C27H38N4O7. The summed E-state index contributed by atoms with van der Waals surface area (Å²) in [4.78, 5) is 34.3. The second-order valence-corrected chi connectivity index (χ2v) is 10.2. The number of nitrogens with one attached hydrogen (secondary N) is 1. The molecule has 208 valence electrons. The molecule has 2 fully saturated rings. The van der Waals surface area contributed by atoms with Gasteiger partial charge in [0.15, 0.2) is 0 Å². The molecule has 0 atom stereocenters. The van der Waals surface area contributed by atoms with Gasteiger partial charge >= 0.3 is 11.9 Å². The predicted octanol–water partition coefficient (Wildman–Crippen LogP) is 2.31. The molecule has 11 nitrogen and oxygen atoms in total. The van der Waals surface area contributed by atoms with Crippen molar-refractivity contribution in [3.8, 4) is 0 Å². The van der Waals surface area contributed by atoms with Crippen molar-refractivity contribution >= 4 is 28.7 Å². The van der Waals surface area contributed by atoms with Crippen LogP contribution < -0.4 is 5.32 Å². The van der Waals surface area contributed by atoms with Gasteiger partial charge in [0.1, 0.15) is 5.52 Å². The number of benzene rings is 1. The number of carbonyl (C=O) groups is 3. The van der Waals surface area contributed by atoms with E-state index in [4.69, 9.17) is 14.9 Å². The highest BCUT2D eigenvalue weighted by molar-refractivity contribution is 6.05. The van der Waals surface area contributed by atoms with Crippen LogP contribution in [0.3, 0.4) is 0 Å². The highest BCUT2D eigenvalue weighted by atomic mass is 16.5. The summed E-state index contributed by atoms with van der Waals surface area (Å²) in [6.07, 6.45) is 6.64. The number of carboxylic acids is 2. The number of β-amino-alcohol motifs (C(OH)–C–C–N with tert-alkyl or cyclic N) is 1. The third-order valence-electron chi connectivity index (χ3n) is 6.90. The predicted molar refractivity (Wildman–Crippen MR) is 141 cm³/mol. The summed E-state index contributed by atoms with van der Waals surface area (Å²) >= 11 is 0. The van der Waals surface area contributed by atoms with Crippen LogP contribution in [-0.4, -0.2) is 92.8 Å². The number of likely N-dealkylation sites (tertiary alicyclic amines) is 1. The number of aromatic nitrogens is 2. The summed E-state index contributed by atoms with van der Waals surface area (Å²) in [5.74, 6) is -2.09. The molecule has 0 spiro atoms. The number of nitrogens with zero attached hydrogens (tertiary/aromatic N) is 3. The normalized spacial score (nSPS) is 18.3. The molecule has 38 heavy (non-hydrogen) atoms. The summed E-state index contributed by atoms with van der Waals surface area (Å²) < 4.78 is 7.28. The van der Waals surface area contributed by atoms with E-state index in [1.807, 2.05) is 29.1 Å². The van der Waals surface area contributed by atoms with Crippen molar-refractivity contribution in [2.45, 2.75) is 51.2 Å². The fraction of sp³-hybridized carbons (Fsp3) is 0.556. The van der Waals surface area contributed by atoms with Crippen LogP contribution in [0.2, 0.25) is 0 Å². The molecule has 1 aromatic carbocycles. The van der Waals surface area contributed by atoms with Crippen molar-refractivity contribution in [1.29, 1.82) is 0 Å². The topological polar surface area (TPSA) is 154 Å². The zero-order valence-corrected chi connectivity index (χ0v) is 22.0. The van der Waals surface area contributed by atoms with E-state index in [0.717, 1.165) is 56.2 Å². The van der Waals surface area contributed by atoms with E-state index >= 15 is 0 Å². The maximum atomic E-state index is 12.8. The van der Waals surface area contributed by atoms with E-state index in [1.165, 1.54) is 0 Å². The second-order valence-electron chi connectivity index (χ2n) is 10.2. The highest BCUT2D eigenvalue weighted by Crippen LogP contribution is 2.25. The molecule has 0 bridgehead atoms. The molecule has 4 N–H and O–H groups in total. The maximum absolute atomic E-state index is 12.8. The largest absolute Gasteiger partial charge is 0.478 e. The fourth-order valence-corrected chi connectivity index (χ4v) is 4.66. The average Bonchev–Trinajstić information content (AvgIpc) is 3.33. The standard InChI is InChI=1S/C23H34N4O3.C4H4O4/c1-17(2)27-15-19-4-3-5-20(21(19)25-27)22(28)24-14-18-6-10-26(11-7-18)16-23(29)8-12-30-13-9-23;5-3(6)1-2-4(7)8/h3-5,15,17-18,29H,6-14,16H2,1-2H3,(H,24,28);1-2H,(H,5,6)(H,7,8). The van der Waals surface area contributed by atoms with E-state index in [0.29, 0.717) is 43.4 Å². The number of aliphatic hydroxyl groups is 1. The van der Waals surface area contributed by atoms with Gasteiger partial charge in [-0.2, -0.15) is 5.10 Å². The van der Waals surface area contributed by atoms with E-state index in [2.05, 4.69) is 29.2 Å². The van der Waals surface area contributed by atoms with Crippen molar-refractivity contribution in [2.24, 2.45) is 5.92 Å². The lowest BCUT2D eigenvalue weighted by Crippen LogP contribution is -2.49. The molecule has 3 heterocycles. The van der Waals surface area contributed by atoms with Crippen LogP contribution in [0.4, 0.5) is 0 Å². The molecule has 11 heteroatoms. The first-order chi connectivity index (χ1) is 18.1. The average molecular weight is 531 g/mol. The lowest BCUT2D eigenvalue weighted by atomic mass is 9.91. The molecule has 4 rings (SSSR count). The monoisotopic (exact) mass is 530 g/mol. The molecule has 2 aromatic rings. The van der Waals surface area contributed by atoms with Crippen molar-refractivity contribution in [2.75, 3.05) is 39.4 Å². The van der Waals surface area contributed by atoms with E-state index in [1.54, 1.807) is 0 Å². The third-order valence-corrected chi connectivity index (χ3v) is 6.90. The van der Waals surface area contributed by atoms with Crippen LogP contribution in [0, 0.1) is 5.92 Å². The number of hydrogen-bond donors (Lipinski definition) is 4. The summed E-state index contributed by atoms with van der Waals surface area (Å²) in [5, 5.41) is 35.1. The van der Waals surface area contributed by atoms with E-state index < -0.39 is 17.5 Å². The summed E-state index contributed by atoms with van der Waals surface area (Å²) in [6, 6.07) is 6.04. The number of ether oxygens (including phenoxy) is 1. The number of piperidine rings is 1. The summed E-state index contributed by atoms with van der Waals surface area (Å²) in [7, 11) is 0. The molecule has 0 saturated carbocycles. The van der Waals surface area contributed by atoms with Crippen LogP contribution in [0.25, 0.3) is 10.9 Å². The zero-order chi connectivity index (χ0) is 27.7. The van der Waals surface area contributed by atoms with Crippen LogP contribution in [0.5, 0.6) is 0 Å². The molecule has 2 saturated heterocycles. The van der Waals surface area contributed by atoms with Crippen molar-refractivity contribution < 1.29 is 34.4 Å². The van der Waals surface area contributed by atoms with Gasteiger partial charge in [0, 0.05) is 68.9 Å². The smallest absolute Gasteiger partial charge is 0.328 e. The Morgan fingerprint density at radius 1 is 1.13 bits per heavy atom. The third kappa shape index (κ3) is 8.64. The van der Waals surface area contributed by atoms with Crippen LogP contribution in [0.1, 0.15) is 55.9 Å². The Balaban J connectivity index is 0.000000436. The Bertz CT molecular complexity index is 1110. The van der Waals surface area contributed by atoms with Gasteiger partial charge in [-0.3, -0.25) is 9.48 Å². The van der Waals surface area contributed by atoms with Crippen molar-refractivity contribution in [3.63, 3.8) is 0 Å². The minimum absolute atomic E-state index is 0.0476. The van der Waals surface area contributed by atoms with Crippen molar-refractivity contribution in [1.82, 2.24) is 20.0 Å². The van der Waals surface area contributed by atoms with Crippen LogP contribution in [0.15, 0.2) is 36.5 Å². The lowest BCUT2D eigenvalue weighted by Gasteiger charge is -2.39. The first-order valence-corrected chi connectivity index (χ1v) is 13.0. The highest BCUT2D eigenvalue weighted by Gasteiger charge is 2.33. The van der Waals surface area contributed by atoms with E-state index in [-0.39, 0.29) is 11.9 Å². The summed E-state index contributed by atoms with van der Waals surface area (Å²) in [5.41, 5.74) is 0.812. The number of hydrogen-bond acceptors (Lipinski definition) is 7. The zero-order valence-electron chi connectivity index (χ0n) is 22.0. The number of carbonyl (C=O) groups excluding carboxylic acids is 1. The van der Waals surface area contributed by atoms with Gasteiger partial charge in [0.2, 0.25) is 0 Å². The maximum Gasteiger partial charge on any atom is 0.328 e. The van der Waals surface area contributed by atoms with Gasteiger partial charge in [0.05, 0.1) is 11.2 Å². The molecule has 1 aromatic heterocycles. The number of carboxylic acid groups (broad SMARTS) is 2. The number of rotatable bonds is 8. The van der Waals surface area contributed by atoms with Gasteiger partial charge in [-0.15, -0.1) is 0 Å².